The summed E-state index contributed by atoms with van der Waals surface area (Å²) < 4.78 is 0. The molecule has 0 aliphatic carbocycles. The van der Waals surface area contributed by atoms with E-state index in [1.807, 2.05) is 6.21 Å². The van der Waals surface area contributed by atoms with Crippen LogP contribution in [0.2, 0.25) is 0 Å². The minimum absolute atomic E-state index is 0.416. The molecule has 0 aromatic carbocycles. The lowest BCUT2D eigenvalue weighted by atomic mass is 10.3. The Morgan fingerprint density at radius 2 is 2.67 bits per heavy atom. The Balaban J connectivity index is 2.03. The largest absolute Gasteiger partial charge is 0.277 e. The molecule has 0 amide bonds. The van der Waals surface area contributed by atoms with E-state index in [-0.39, 0.29) is 0 Å². The molecule has 2 aliphatic heterocycles. The normalized spacial score (nSPS) is 32.9. The van der Waals surface area contributed by atoms with E-state index in [2.05, 4.69) is 21.0 Å². The van der Waals surface area contributed by atoms with Crippen molar-refractivity contribution in [1.29, 1.82) is 0 Å². The summed E-state index contributed by atoms with van der Waals surface area (Å²) in [5.41, 5.74) is 6.22. The zero-order chi connectivity index (χ0) is 6.10. The van der Waals surface area contributed by atoms with Crippen molar-refractivity contribution < 1.29 is 0 Å². The summed E-state index contributed by atoms with van der Waals surface area (Å²) in [5.74, 6) is 0. The summed E-state index contributed by atoms with van der Waals surface area (Å²) in [5, 5.41) is 6.23. The topological polar surface area (TPSA) is 39.7 Å². The Labute approximate surface area is 53.9 Å². The average Bonchev–Trinajstić information content (AvgIpc) is 2.33. The van der Waals surface area contributed by atoms with E-state index in [1.54, 1.807) is 0 Å². The minimum Gasteiger partial charge on any atom is -0.277 e. The molecule has 9 heavy (non-hydrogen) atoms. The molecular weight excluding hydrogens is 116 g/mol. The van der Waals surface area contributed by atoms with Crippen LogP contribution < -0.4 is 10.9 Å². The highest BCUT2D eigenvalue weighted by Gasteiger charge is 2.22. The van der Waals surface area contributed by atoms with Crippen LogP contribution in [0.15, 0.2) is 5.10 Å². The van der Waals surface area contributed by atoms with Crippen molar-refractivity contribution in [2.24, 2.45) is 5.10 Å². The molecule has 1 fully saturated rings. The van der Waals surface area contributed by atoms with Crippen molar-refractivity contribution in [3.05, 3.63) is 0 Å². The predicted molar refractivity (Wildman–Crippen MR) is 34.7 cm³/mol. The van der Waals surface area contributed by atoms with Crippen LogP contribution in [0.3, 0.4) is 0 Å². The molecule has 1 atom stereocenters. The van der Waals surface area contributed by atoms with E-state index in [0.29, 0.717) is 6.17 Å². The van der Waals surface area contributed by atoms with Crippen LogP contribution in [0.25, 0.3) is 0 Å². The van der Waals surface area contributed by atoms with Gasteiger partial charge in [0.05, 0.1) is 6.54 Å². The fraction of sp³-hybridized carbons (Fsp3) is 0.800. The molecule has 4 nitrogen and oxygen atoms in total. The highest BCUT2D eigenvalue weighted by Crippen LogP contribution is 2.07. The molecule has 2 heterocycles. The van der Waals surface area contributed by atoms with E-state index in [0.717, 1.165) is 19.5 Å². The molecule has 1 unspecified atom stereocenters. The SMILES string of the molecule is C1=NN2CCNNC2C1. The summed E-state index contributed by atoms with van der Waals surface area (Å²) in [7, 11) is 0. The summed E-state index contributed by atoms with van der Waals surface area (Å²) >= 11 is 0. The highest BCUT2D eigenvalue weighted by atomic mass is 15.6. The molecule has 0 saturated carbocycles. The second kappa shape index (κ2) is 1.97. The lowest BCUT2D eigenvalue weighted by Gasteiger charge is -2.29. The maximum absolute atomic E-state index is 4.16. The molecule has 0 aromatic heterocycles. The van der Waals surface area contributed by atoms with Gasteiger partial charge in [-0.2, -0.15) is 5.10 Å². The molecule has 50 valence electrons. The van der Waals surface area contributed by atoms with Gasteiger partial charge in [-0.25, -0.2) is 5.43 Å². The van der Waals surface area contributed by atoms with Crippen molar-refractivity contribution in [3.63, 3.8) is 0 Å². The van der Waals surface area contributed by atoms with Gasteiger partial charge < -0.3 is 0 Å². The van der Waals surface area contributed by atoms with Crippen LogP contribution in [0, 0.1) is 0 Å². The highest BCUT2D eigenvalue weighted by molar-refractivity contribution is 5.59. The molecule has 2 aliphatic rings. The molecule has 4 heteroatoms. The van der Waals surface area contributed by atoms with Crippen molar-refractivity contribution in [2.75, 3.05) is 13.1 Å². The standard InChI is InChI=1S/C5H10N4/c1-2-7-9-4-3-6-8-5(1)9/h2,5-6,8H,1,3-4H2. The smallest absolute Gasteiger partial charge is 0.114 e. The lowest BCUT2D eigenvalue weighted by Crippen LogP contribution is -2.55. The number of hydrogen-bond donors (Lipinski definition) is 2. The fourth-order valence-corrected chi connectivity index (χ4v) is 1.16. The van der Waals surface area contributed by atoms with Gasteiger partial charge in [-0.05, 0) is 0 Å². The monoisotopic (exact) mass is 126 g/mol. The predicted octanol–water partition coefficient (Wildman–Crippen LogP) is -0.888. The van der Waals surface area contributed by atoms with Crippen molar-refractivity contribution in [3.8, 4) is 0 Å². The molecule has 2 N–H and O–H groups in total. The van der Waals surface area contributed by atoms with Crippen LogP contribution in [0.5, 0.6) is 0 Å². The first-order chi connectivity index (χ1) is 4.47. The Kier molecular flexibility index (Phi) is 1.13. The summed E-state index contributed by atoms with van der Waals surface area (Å²) in [6.07, 6.45) is 3.39. The van der Waals surface area contributed by atoms with Crippen molar-refractivity contribution in [2.45, 2.75) is 12.6 Å². The molecule has 0 spiro atoms. The third-order valence-corrected chi connectivity index (χ3v) is 1.65. The molecule has 0 radical (unpaired) electrons. The molecule has 0 aromatic rings. The number of hydrazone groups is 1. The summed E-state index contributed by atoms with van der Waals surface area (Å²) in [6, 6.07) is 0. The summed E-state index contributed by atoms with van der Waals surface area (Å²) in [6.45, 7) is 2.00. The third kappa shape index (κ3) is 0.799. The first kappa shape index (κ1) is 5.20. The van der Waals surface area contributed by atoms with Crippen LogP contribution in [0.1, 0.15) is 6.42 Å². The number of nitrogens with zero attached hydrogens (tertiary/aromatic N) is 2. The third-order valence-electron chi connectivity index (χ3n) is 1.65. The van der Waals surface area contributed by atoms with Gasteiger partial charge in [0.2, 0.25) is 0 Å². The van der Waals surface area contributed by atoms with Gasteiger partial charge in [0.25, 0.3) is 0 Å². The van der Waals surface area contributed by atoms with E-state index in [4.69, 9.17) is 0 Å². The Morgan fingerprint density at radius 3 is 3.56 bits per heavy atom. The van der Waals surface area contributed by atoms with Crippen LogP contribution >= 0.6 is 0 Å². The van der Waals surface area contributed by atoms with E-state index < -0.39 is 0 Å². The van der Waals surface area contributed by atoms with Gasteiger partial charge in [0, 0.05) is 19.2 Å². The van der Waals surface area contributed by atoms with Gasteiger partial charge in [-0.15, -0.1) is 0 Å². The van der Waals surface area contributed by atoms with Gasteiger partial charge in [-0.1, -0.05) is 0 Å². The Bertz CT molecular complexity index is 133. The average molecular weight is 126 g/mol. The quantitative estimate of drug-likeness (QED) is 0.442. The van der Waals surface area contributed by atoms with Crippen molar-refractivity contribution >= 4 is 6.21 Å². The molecule has 1 saturated heterocycles. The number of fused-ring (bicyclic) bond motifs is 1. The van der Waals surface area contributed by atoms with Gasteiger partial charge in [-0.3, -0.25) is 10.4 Å². The second-order valence-corrected chi connectivity index (χ2v) is 2.28. The number of nitrogens with one attached hydrogen (secondary N) is 2. The lowest BCUT2D eigenvalue weighted by molar-refractivity contribution is 0.137. The minimum atomic E-state index is 0.416. The second-order valence-electron chi connectivity index (χ2n) is 2.28. The number of hydrogen-bond acceptors (Lipinski definition) is 4. The fourth-order valence-electron chi connectivity index (χ4n) is 1.16. The van der Waals surface area contributed by atoms with Crippen LogP contribution in [-0.2, 0) is 0 Å². The number of rotatable bonds is 0. The maximum atomic E-state index is 4.16. The van der Waals surface area contributed by atoms with E-state index in [1.165, 1.54) is 0 Å². The van der Waals surface area contributed by atoms with Crippen molar-refractivity contribution in [1.82, 2.24) is 15.9 Å². The van der Waals surface area contributed by atoms with Gasteiger partial charge in [0.15, 0.2) is 0 Å². The maximum Gasteiger partial charge on any atom is 0.114 e. The first-order valence-electron chi connectivity index (χ1n) is 3.24. The van der Waals surface area contributed by atoms with E-state index in [9.17, 15) is 0 Å². The Hall–Kier alpha value is -0.610. The Morgan fingerprint density at radius 1 is 1.67 bits per heavy atom. The molecule has 0 bridgehead atoms. The molecular formula is C5H10N4. The van der Waals surface area contributed by atoms with Gasteiger partial charge >= 0.3 is 0 Å². The van der Waals surface area contributed by atoms with Crippen LogP contribution in [-0.4, -0.2) is 30.5 Å². The zero-order valence-corrected chi connectivity index (χ0v) is 5.17. The van der Waals surface area contributed by atoms with Crippen LogP contribution in [0.4, 0.5) is 0 Å². The summed E-state index contributed by atoms with van der Waals surface area (Å²) in [4.78, 5) is 0. The van der Waals surface area contributed by atoms with E-state index >= 15 is 0 Å². The molecule has 2 rings (SSSR count). The van der Waals surface area contributed by atoms with Gasteiger partial charge in [0.1, 0.15) is 6.17 Å². The number of hydrazine groups is 1. The first-order valence-corrected chi connectivity index (χ1v) is 3.24. The zero-order valence-electron chi connectivity index (χ0n) is 5.17.